The van der Waals surface area contributed by atoms with Crippen molar-refractivity contribution in [3.63, 3.8) is 0 Å². The molecule has 0 bridgehead atoms. The molecule has 0 aliphatic carbocycles. The zero-order valence-corrected chi connectivity index (χ0v) is 15.1. The molecule has 0 aliphatic rings. The van der Waals surface area contributed by atoms with Gasteiger partial charge in [0.25, 0.3) is 5.91 Å². The van der Waals surface area contributed by atoms with Crippen molar-refractivity contribution in [2.75, 3.05) is 18.4 Å². The second-order valence-electron chi connectivity index (χ2n) is 5.90. The zero-order valence-electron chi connectivity index (χ0n) is 14.4. The molecule has 10 heteroatoms. The van der Waals surface area contributed by atoms with Crippen LogP contribution in [0.5, 0.6) is 0 Å². The molecule has 1 amide bonds. The van der Waals surface area contributed by atoms with E-state index in [0.717, 1.165) is 6.07 Å². The van der Waals surface area contributed by atoms with Gasteiger partial charge in [-0.05, 0) is 13.0 Å². The smallest absolute Gasteiger partial charge is 0.367 e. The largest absolute Gasteiger partial charge is 0.417 e. The van der Waals surface area contributed by atoms with Gasteiger partial charge >= 0.3 is 6.18 Å². The number of hydrogen-bond acceptors (Lipinski definition) is 5. The second-order valence-corrected chi connectivity index (χ2v) is 6.30. The number of alkyl halides is 3. The molecular weight excluding hydrogens is 373 g/mol. The van der Waals surface area contributed by atoms with Crippen LogP contribution in [0.15, 0.2) is 16.8 Å². The summed E-state index contributed by atoms with van der Waals surface area (Å²) in [6.45, 7) is 5.88. The van der Waals surface area contributed by atoms with Crippen molar-refractivity contribution in [2.24, 2.45) is 0 Å². The molecule has 6 nitrogen and oxygen atoms in total. The molecule has 0 unspecified atom stereocenters. The summed E-state index contributed by atoms with van der Waals surface area (Å²) < 4.78 is 42.9. The second kappa shape index (κ2) is 7.94. The molecule has 142 valence electrons. The van der Waals surface area contributed by atoms with E-state index in [9.17, 15) is 18.0 Å². The monoisotopic (exact) mass is 390 g/mol. The first kappa shape index (κ1) is 20.0. The third-order valence-corrected chi connectivity index (χ3v) is 3.80. The summed E-state index contributed by atoms with van der Waals surface area (Å²) in [6, 6.07) is 0.797. The molecule has 0 spiro atoms. The number of aryl methyl sites for hydroxylation is 1. The minimum atomic E-state index is -4.51. The predicted octanol–water partition coefficient (Wildman–Crippen LogP) is 4.02. The van der Waals surface area contributed by atoms with Crippen LogP contribution in [0, 0.1) is 6.92 Å². The average molecular weight is 391 g/mol. The van der Waals surface area contributed by atoms with E-state index < -0.39 is 11.7 Å². The summed E-state index contributed by atoms with van der Waals surface area (Å²) in [6.07, 6.45) is -3.81. The van der Waals surface area contributed by atoms with Crippen LogP contribution in [0.1, 0.15) is 47.1 Å². The van der Waals surface area contributed by atoms with Gasteiger partial charge in [-0.3, -0.25) is 4.79 Å². The predicted molar refractivity (Wildman–Crippen MR) is 90.4 cm³/mol. The van der Waals surface area contributed by atoms with Gasteiger partial charge in [0.15, 0.2) is 5.76 Å². The lowest BCUT2D eigenvalue weighted by atomic mass is 10.0. The van der Waals surface area contributed by atoms with Crippen LogP contribution in [0.2, 0.25) is 5.02 Å². The minimum Gasteiger partial charge on any atom is -0.367 e. The zero-order chi connectivity index (χ0) is 19.5. The maximum Gasteiger partial charge on any atom is 0.417 e. The molecule has 0 aliphatic heterocycles. The maximum absolute atomic E-state index is 12.6. The Hall–Kier alpha value is -2.29. The highest BCUT2D eigenvalue weighted by Crippen LogP contribution is 2.32. The van der Waals surface area contributed by atoms with E-state index in [4.69, 9.17) is 16.1 Å². The lowest BCUT2D eigenvalue weighted by Gasteiger charge is -2.11. The molecule has 0 fully saturated rings. The summed E-state index contributed by atoms with van der Waals surface area (Å²) in [4.78, 5) is 15.9. The van der Waals surface area contributed by atoms with Gasteiger partial charge in [-0.2, -0.15) is 13.2 Å². The fraction of sp³-hybridized carbons (Fsp3) is 0.438. The molecule has 0 saturated heterocycles. The number of halogens is 4. The number of nitrogens with zero attached hydrogens (tertiary/aromatic N) is 2. The summed E-state index contributed by atoms with van der Waals surface area (Å²) in [5, 5.41) is 9.13. The fourth-order valence-electron chi connectivity index (χ4n) is 2.23. The van der Waals surface area contributed by atoms with Crippen molar-refractivity contribution < 1.29 is 22.5 Å². The molecule has 26 heavy (non-hydrogen) atoms. The number of rotatable bonds is 6. The molecular formula is C16H18ClF3N4O2. The molecule has 2 heterocycles. The van der Waals surface area contributed by atoms with Crippen molar-refractivity contribution in [3.05, 3.63) is 39.9 Å². The Bertz CT molecular complexity index is 790. The van der Waals surface area contributed by atoms with Gasteiger partial charge < -0.3 is 15.2 Å². The highest BCUT2D eigenvalue weighted by Gasteiger charge is 2.31. The van der Waals surface area contributed by atoms with Gasteiger partial charge in [0.2, 0.25) is 0 Å². The Morgan fingerprint density at radius 1 is 1.35 bits per heavy atom. The summed E-state index contributed by atoms with van der Waals surface area (Å²) in [7, 11) is 0. The average Bonchev–Trinajstić information content (AvgIpc) is 2.93. The van der Waals surface area contributed by atoms with Crippen LogP contribution in [0.3, 0.4) is 0 Å². The minimum absolute atomic E-state index is 0.00484. The van der Waals surface area contributed by atoms with Gasteiger partial charge in [-0.15, -0.1) is 0 Å². The molecule has 0 aromatic carbocycles. The van der Waals surface area contributed by atoms with Crippen LogP contribution >= 0.6 is 11.6 Å². The standard InChI is InChI=1S/C16H18ClF3N4O2/c1-8(2)13-12(9(3)24-26-13)15(25)22-5-4-21-14-11(17)6-10(7-23-14)16(18,19)20/h6-8H,4-5H2,1-3H3,(H,21,23)(H,22,25). The van der Waals surface area contributed by atoms with Gasteiger partial charge in [-0.25, -0.2) is 4.98 Å². The Labute approximate surface area is 153 Å². The van der Waals surface area contributed by atoms with Crippen LogP contribution in [-0.2, 0) is 6.18 Å². The van der Waals surface area contributed by atoms with E-state index in [2.05, 4.69) is 20.8 Å². The maximum atomic E-state index is 12.6. The molecule has 0 radical (unpaired) electrons. The number of pyridine rings is 1. The van der Waals surface area contributed by atoms with Gasteiger partial charge in [0.05, 0.1) is 16.3 Å². The number of hydrogen-bond donors (Lipinski definition) is 2. The van der Waals surface area contributed by atoms with Crippen LogP contribution in [0.25, 0.3) is 0 Å². The van der Waals surface area contributed by atoms with Gasteiger partial charge in [0, 0.05) is 25.2 Å². The number of amides is 1. The summed E-state index contributed by atoms with van der Waals surface area (Å²) >= 11 is 5.80. The van der Waals surface area contributed by atoms with Crippen LogP contribution in [0.4, 0.5) is 19.0 Å². The Morgan fingerprint density at radius 3 is 2.62 bits per heavy atom. The summed E-state index contributed by atoms with van der Waals surface area (Å²) in [5.74, 6) is 0.282. The number of aromatic nitrogens is 2. The third kappa shape index (κ3) is 4.66. The summed E-state index contributed by atoms with van der Waals surface area (Å²) in [5.41, 5.74) is -0.0391. The van der Waals surface area contributed by atoms with E-state index in [1.54, 1.807) is 6.92 Å². The molecule has 2 rings (SSSR count). The molecule has 2 N–H and O–H groups in total. The molecule has 0 atom stereocenters. The first-order chi connectivity index (χ1) is 12.1. The van der Waals surface area contributed by atoms with E-state index >= 15 is 0 Å². The quantitative estimate of drug-likeness (QED) is 0.728. The Morgan fingerprint density at radius 2 is 2.04 bits per heavy atom. The van der Waals surface area contributed by atoms with Gasteiger partial charge in [-0.1, -0.05) is 30.6 Å². The Balaban J connectivity index is 1.91. The van der Waals surface area contributed by atoms with E-state index in [-0.39, 0.29) is 35.8 Å². The number of carbonyl (C=O) groups is 1. The first-order valence-corrected chi connectivity index (χ1v) is 8.20. The SMILES string of the molecule is Cc1noc(C(C)C)c1C(=O)NCCNc1ncc(C(F)(F)F)cc1Cl. The Kier molecular flexibility index (Phi) is 6.12. The number of carbonyl (C=O) groups excluding carboxylic acids is 1. The number of nitrogens with one attached hydrogen (secondary N) is 2. The van der Waals surface area contributed by atoms with E-state index in [1.807, 2.05) is 13.8 Å². The van der Waals surface area contributed by atoms with Crippen molar-refractivity contribution in [1.29, 1.82) is 0 Å². The topological polar surface area (TPSA) is 80.0 Å². The van der Waals surface area contributed by atoms with Crippen molar-refractivity contribution in [3.8, 4) is 0 Å². The molecule has 2 aromatic heterocycles. The van der Waals surface area contributed by atoms with Crippen molar-refractivity contribution in [1.82, 2.24) is 15.5 Å². The van der Waals surface area contributed by atoms with Crippen molar-refractivity contribution in [2.45, 2.75) is 32.9 Å². The fourth-order valence-corrected chi connectivity index (χ4v) is 2.46. The highest BCUT2D eigenvalue weighted by atomic mass is 35.5. The van der Waals surface area contributed by atoms with E-state index in [1.165, 1.54) is 0 Å². The molecule has 2 aromatic rings. The molecule has 0 saturated carbocycles. The van der Waals surface area contributed by atoms with Crippen LogP contribution in [-0.4, -0.2) is 29.1 Å². The van der Waals surface area contributed by atoms with Crippen molar-refractivity contribution >= 4 is 23.3 Å². The highest BCUT2D eigenvalue weighted by molar-refractivity contribution is 6.32. The van der Waals surface area contributed by atoms with E-state index in [0.29, 0.717) is 23.2 Å². The third-order valence-electron chi connectivity index (χ3n) is 3.51. The lowest BCUT2D eigenvalue weighted by molar-refractivity contribution is -0.137. The van der Waals surface area contributed by atoms with Gasteiger partial charge in [0.1, 0.15) is 11.4 Å². The lowest BCUT2D eigenvalue weighted by Crippen LogP contribution is -2.30. The number of anilines is 1. The first-order valence-electron chi connectivity index (χ1n) is 7.82. The normalized spacial score (nSPS) is 11.7. The van der Waals surface area contributed by atoms with Crippen LogP contribution < -0.4 is 10.6 Å².